The number of aliphatic hydroxyl groups excluding tert-OH is 1. The van der Waals surface area contributed by atoms with Crippen molar-refractivity contribution in [2.24, 2.45) is 0 Å². The normalized spacial score (nSPS) is 13.9. The van der Waals surface area contributed by atoms with Gasteiger partial charge in [-0.1, -0.05) is 18.7 Å². The van der Waals surface area contributed by atoms with E-state index >= 15 is 0 Å². The molecule has 1 N–H and O–H groups in total. The third-order valence-electron chi connectivity index (χ3n) is 2.54. The van der Waals surface area contributed by atoms with E-state index in [1.54, 1.807) is 0 Å². The molecule has 1 rings (SSSR count). The third kappa shape index (κ3) is 3.34. The van der Waals surface area contributed by atoms with Gasteiger partial charge >= 0.3 is 12.4 Å². The van der Waals surface area contributed by atoms with E-state index in [1.807, 2.05) is 0 Å². The Balaban J connectivity index is 3.64. The van der Waals surface area contributed by atoms with E-state index in [1.165, 1.54) is 0 Å². The minimum Gasteiger partial charge on any atom is -0.512 e. The predicted molar refractivity (Wildman–Crippen MR) is 61.9 cm³/mol. The van der Waals surface area contributed by atoms with Crippen molar-refractivity contribution in [2.45, 2.75) is 19.3 Å². The molecule has 0 fully saturated rings. The van der Waals surface area contributed by atoms with Crippen LogP contribution in [-0.4, -0.2) is 5.11 Å². The summed E-state index contributed by atoms with van der Waals surface area (Å²) in [5.41, 5.74) is -3.71. The third-order valence-corrected chi connectivity index (χ3v) is 2.54. The van der Waals surface area contributed by atoms with Crippen LogP contribution in [0.1, 0.15) is 23.6 Å². The maximum atomic E-state index is 12.9. The summed E-state index contributed by atoms with van der Waals surface area (Å²) in [6, 6.07) is 1.21. The van der Waals surface area contributed by atoms with Gasteiger partial charge in [0.1, 0.15) is 0 Å². The van der Waals surface area contributed by atoms with E-state index in [4.69, 9.17) is 0 Å². The Hall–Kier alpha value is -1.92. The van der Waals surface area contributed by atoms with E-state index in [2.05, 4.69) is 6.58 Å². The van der Waals surface area contributed by atoms with Crippen molar-refractivity contribution in [3.63, 3.8) is 0 Å². The molecule has 0 aliphatic carbocycles. The van der Waals surface area contributed by atoms with Crippen molar-refractivity contribution in [1.82, 2.24) is 0 Å². The molecule has 1 aromatic rings. The van der Waals surface area contributed by atoms with Crippen LogP contribution in [0.5, 0.6) is 0 Å². The monoisotopic (exact) mass is 296 g/mol. The van der Waals surface area contributed by atoms with Crippen LogP contribution in [0, 0.1) is 0 Å². The van der Waals surface area contributed by atoms with Crippen LogP contribution >= 0.6 is 0 Å². The summed E-state index contributed by atoms with van der Waals surface area (Å²) in [5, 5.41) is 9.30. The minimum atomic E-state index is -4.99. The Bertz CT molecular complexity index is 547. The average molecular weight is 296 g/mol. The lowest BCUT2D eigenvalue weighted by atomic mass is 9.96. The molecule has 0 atom stereocenters. The van der Waals surface area contributed by atoms with E-state index in [0.29, 0.717) is 12.1 Å². The van der Waals surface area contributed by atoms with Crippen LogP contribution in [0.15, 0.2) is 36.6 Å². The standard InChI is InChI=1S/C13H10F6O/c1-3-9(7(2)20)10-5-4-8(12(14,15)16)6-11(10)13(17,18)19/h3-6,20H,1H2,2H3/b9-7-. The van der Waals surface area contributed by atoms with Crippen molar-refractivity contribution >= 4 is 5.57 Å². The second-order valence-electron chi connectivity index (χ2n) is 3.96. The molecular formula is C13H10F6O. The summed E-state index contributed by atoms with van der Waals surface area (Å²) in [7, 11) is 0. The summed E-state index contributed by atoms with van der Waals surface area (Å²) < 4.78 is 76.1. The van der Waals surface area contributed by atoms with Crippen LogP contribution in [0.25, 0.3) is 5.57 Å². The lowest BCUT2D eigenvalue weighted by Gasteiger charge is -2.16. The highest BCUT2D eigenvalue weighted by Gasteiger charge is 2.38. The summed E-state index contributed by atoms with van der Waals surface area (Å²) in [5.74, 6) is -0.467. The number of halogens is 6. The predicted octanol–water partition coefficient (Wildman–Crippen LogP) is 5.20. The molecule has 20 heavy (non-hydrogen) atoms. The molecule has 1 aromatic carbocycles. The van der Waals surface area contributed by atoms with Crippen molar-refractivity contribution in [1.29, 1.82) is 0 Å². The van der Waals surface area contributed by atoms with Gasteiger partial charge in [-0.15, -0.1) is 0 Å². The first-order valence-electron chi connectivity index (χ1n) is 5.29. The quantitative estimate of drug-likeness (QED) is 0.452. The number of alkyl halides is 6. The zero-order valence-electron chi connectivity index (χ0n) is 10.2. The Kier molecular flexibility index (Phi) is 4.21. The van der Waals surface area contributed by atoms with Gasteiger partial charge in [0.2, 0.25) is 0 Å². The molecule has 0 saturated carbocycles. The van der Waals surface area contributed by atoms with Gasteiger partial charge in [0.25, 0.3) is 0 Å². The summed E-state index contributed by atoms with van der Waals surface area (Å²) in [6.07, 6.45) is -8.92. The van der Waals surface area contributed by atoms with Crippen LogP contribution < -0.4 is 0 Å². The number of allylic oxidation sites excluding steroid dienone is 3. The van der Waals surface area contributed by atoms with E-state index < -0.39 is 34.8 Å². The molecule has 0 unspecified atom stereocenters. The van der Waals surface area contributed by atoms with Crippen LogP contribution in [0.3, 0.4) is 0 Å². The molecule has 0 radical (unpaired) electrons. The minimum absolute atomic E-state index is 0.0156. The smallest absolute Gasteiger partial charge is 0.417 e. The molecule has 7 heteroatoms. The topological polar surface area (TPSA) is 20.2 Å². The largest absolute Gasteiger partial charge is 0.512 e. The van der Waals surface area contributed by atoms with Gasteiger partial charge in [-0.2, -0.15) is 26.3 Å². The summed E-state index contributed by atoms with van der Waals surface area (Å²) in [4.78, 5) is 0. The fourth-order valence-electron chi connectivity index (χ4n) is 1.64. The van der Waals surface area contributed by atoms with Gasteiger partial charge in [-0.3, -0.25) is 0 Å². The van der Waals surface area contributed by atoms with Gasteiger partial charge in [-0.05, 0) is 24.6 Å². The number of hydrogen-bond donors (Lipinski definition) is 1. The zero-order chi connectivity index (χ0) is 15.7. The Morgan fingerprint density at radius 3 is 2.00 bits per heavy atom. The molecule has 0 aliphatic rings. The highest BCUT2D eigenvalue weighted by Crippen LogP contribution is 2.39. The highest BCUT2D eigenvalue weighted by atomic mass is 19.4. The molecule has 110 valence electrons. The Labute approximate surface area is 110 Å². The van der Waals surface area contributed by atoms with Gasteiger partial charge in [0.05, 0.1) is 16.9 Å². The van der Waals surface area contributed by atoms with Crippen molar-refractivity contribution < 1.29 is 31.4 Å². The molecule has 0 bridgehead atoms. The second kappa shape index (κ2) is 5.22. The van der Waals surface area contributed by atoms with E-state index in [0.717, 1.165) is 13.0 Å². The lowest BCUT2D eigenvalue weighted by Crippen LogP contribution is -2.13. The maximum absolute atomic E-state index is 12.9. The zero-order valence-corrected chi connectivity index (χ0v) is 10.2. The molecule has 0 spiro atoms. The molecular weight excluding hydrogens is 286 g/mol. The van der Waals surface area contributed by atoms with E-state index in [-0.39, 0.29) is 11.6 Å². The van der Waals surface area contributed by atoms with Crippen molar-refractivity contribution in [3.05, 3.63) is 53.3 Å². The molecule has 0 aliphatic heterocycles. The first-order valence-corrected chi connectivity index (χ1v) is 5.29. The van der Waals surface area contributed by atoms with E-state index in [9.17, 15) is 31.4 Å². The molecule has 0 aromatic heterocycles. The summed E-state index contributed by atoms with van der Waals surface area (Å²) in [6.45, 7) is 4.37. The lowest BCUT2D eigenvalue weighted by molar-refractivity contribution is -0.143. The maximum Gasteiger partial charge on any atom is 0.417 e. The average Bonchev–Trinajstić information content (AvgIpc) is 2.26. The molecule has 1 nitrogen and oxygen atoms in total. The number of benzene rings is 1. The van der Waals surface area contributed by atoms with Crippen LogP contribution in [0.2, 0.25) is 0 Å². The Morgan fingerprint density at radius 1 is 1.10 bits per heavy atom. The van der Waals surface area contributed by atoms with Crippen molar-refractivity contribution in [3.8, 4) is 0 Å². The fraction of sp³-hybridized carbons (Fsp3) is 0.231. The number of rotatable bonds is 2. The van der Waals surface area contributed by atoms with Gasteiger partial charge < -0.3 is 5.11 Å². The van der Waals surface area contributed by atoms with Gasteiger partial charge in [0, 0.05) is 5.57 Å². The van der Waals surface area contributed by atoms with Crippen LogP contribution in [0.4, 0.5) is 26.3 Å². The molecule has 0 amide bonds. The summed E-state index contributed by atoms with van der Waals surface area (Å²) >= 11 is 0. The highest BCUT2D eigenvalue weighted by molar-refractivity contribution is 5.77. The SMILES string of the molecule is C=C/C(=C(\C)O)c1ccc(C(F)(F)F)cc1C(F)(F)F. The van der Waals surface area contributed by atoms with Gasteiger partial charge in [-0.25, -0.2) is 0 Å². The number of aliphatic hydroxyl groups is 1. The molecule has 0 saturated heterocycles. The van der Waals surface area contributed by atoms with Gasteiger partial charge in [0.15, 0.2) is 0 Å². The Morgan fingerprint density at radius 2 is 1.65 bits per heavy atom. The first kappa shape index (κ1) is 16.1. The van der Waals surface area contributed by atoms with Crippen LogP contribution in [-0.2, 0) is 12.4 Å². The number of hydrogen-bond acceptors (Lipinski definition) is 1. The van der Waals surface area contributed by atoms with Crippen molar-refractivity contribution in [2.75, 3.05) is 0 Å². The molecule has 0 heterocycles. The second-order valence-corrected chi connectivity index (χ2v) is 3.96. The fourth-order valence-corrected chi connectivity index (χ4v) is 1.64. The first-order chi connectivity index (χ1) is 8.98.